The zero-order chi connectivity index (χ0) is 15.7. The predicted octanol–water partition coefficient (Wildman–Crippen LogP) is 1.64. The Morgan fingerprint density at radius 2 is 1.95 bits per heavy atom. The number of halogens is 1. The Morgan fingerprint density at radius 1 is 1.40 bits per heavy atom. The molecule has 0 heterocycles. The van der Waals surface area contributed by atoms with Crippen LogP contribution in [0.15, 0.2) is 12.1 Å². The normalized spacial score (nSPS) is 11.0. The molecule has 0 unspecified atom stereocenters. The van der Waals surface area contributed by atoms with Crippen molar-refractivity contribution in [3.05, 3.63) is 39.2 Å². The number of carboxylic acids is 1. The fraction of sp³-hybridized carbons (Fsp3) is 0.333. The Morgan fingerprint density at radius 3 is 2.40 bits per heavy atom. The van der Waals surface area contributed by atoms with Crippen LogP contribution in [-0.4, -0.2) is 27.4 Å². The minimum Gasteiger partial charge on any atom is -0.480 e. The maximum atomic E-state index is 13.8. The monoisotopic (exact) mass is 284 g/mol. The number of aryl methyl sites for hydroxylation is 1. The largest absolute Gasteiger partial charge is 0.480 e. The highest BCUT2D eigenvalue weighted by Crippen LogP contribution is 2.21. The Hall–Kier alpha value is -2.51. The molecule has 0 aliphatic rings. The molecule has 0 radical (unpaired) electrons. The van der Waals surface area contributed by atoms with Crippen molar-refractivity contribution in [3.8, 4) is 0 Å². The van der Waals surface area contributed by atoms with E-state index in [4.69, 9.17) is 5.11 Å². The van der Waals surface area contributed by atoms with Crippen molar-refractivity contribution >= 4 is 17.6 Å². The molecule has 20 heavy (non-hydrogen) atoms. The molecule has 7 nitrogen and oxygen atoms in total. The number of nitro benzene ring substituents is 1. The van der Waals surface area contributed by atoms with E-state index < -0.39 is 39.4 Å². The summed E-state index contributed by atoms with van der Waals surface area (Å²) in [5.41, 5.74) is -2.70. The first-order valence-corrected chi connectivity index (χ1v) is 5.56. The lowest BCUT2D eigenvalue weighted by atomic mass is 10.0. The number of hydrogen-bond acceptors (Lipinski definition) is 4. The zero-order valence-corrected chi connectivity index (χ0v) is 11.1. The summed E-state index contributed by atoms with van der Waals surface area (Å²) in [6.45, 7) is 3.71. The summed E-state index contributed by atoms with van der Waals surface area (Å²) in [4.78, 5) is 32.7. The summed E-state index contributed by atoms with van der Waals surface area (Å²) >= 11 is 0. The summed E-state index contributed by atoms with van der Waals surface area (Å²) in [5.74, 6) is -3.26. The topological polar surface area (TPSA) is 110 Å². The van der Waals surface area contributed by atoms with E-state index >= 15 is 0 Å². The highest BCUT2D eigenvalue weighted by Gasteiger charge is 2.31. The van der Waals surface area contributed by atoms with Gasteiger partial charge in [0, 0.05) is 12.1 Å². The highest BCUT2D eigenvalue weighted by atomic mass is 19.1. The van der Waals surface area contributed by atoms with E-state index in [1.165, 1.54) is 20.8 Å². The number of carbonyl (C=O) groups excluding carboxylic acids is 1. The second kappa shape index (κ2) is 5.24. The number of aliphatic carboxylic acids is 1. The van der Waals surface area contributed by atoms with Gasteiger partial charge < -0.3 is 10.4 Å². The van der Waals surface area contributed by atoms with Gasteiger partial charge in [-0.1, -0.05) is 0 Å². The molecular weight excluding hydrogens is 271 g/mol. The molecule has 0 spiro atoms. The molecule has 0 saturated carbocycles. The molecule has 1 aromatic carbocycles. The molecule has 0 aliphatic heterocycles. The van der Waals surface area contributed by atoms with Crippen LogP contribution in [0, 0.1) is 22.9 Å². The number of nitrogens with zero attached hydrogens (tertiary/aromatic N) is 1. The van der Waals surface area contributed by atoms with Gasteiger partial charge in [0.25, 0.3) is 11.6 Å². The summed E-state index contributed by atoms with van der Waals surface area (Å²) in [6, 6.07) is 1.77. The first-order valence-electron chi connectivity index (χ1n) is 5.56. The van der Waals surface area contributed by atoms with Gasteiger partial charge in [-0.15, -0.1) is 0 Å². The fourth-order valence-electron chi connectivity index (χ4n) is 1.43. The van der Waals surface area contributed by atoms with Crippen molar-refractivity contribution in [2.75, 3.05) is 0 Å². The third-order valence-electron chi connectivity index (χ3n) is 2.66. The van der Waals surface area contributed by atoms with Gasteiger partial charge in [0.05, 0.1) is 10.5 Å². The number of carbonyl (C=O) groups is 2. The van der Waals surface area contributed by atoms with Crippen molar-refractivity contribution in [2.24, 2.45) is 0 Å². The van der Waals surface area contributed by atoms with Crippen LogP contribution < -0.4 is 5.32 Å². The lowest BCUT2D eigenvalue weighted by molar-refractivity contribution is -0.385. The number of amides is 1. The van der Waals surface area contributed by atoms with E-state index in [-0.39, 0.29) is 5.56 Å². The van der Waals surface area contributed by atoms with Crippen LogP contribution in [0.1, 0.15) is 29.8 Å². The Bertz CT molecular complexity index is 598. The maximum Gasteiger partial charge on any atom is 0.328 e. The van der Waals surface area contributed by atoms with E-state index in [9.17, 15) is 24.1 Å². The third-order valence-corrected chi connectivity index (χ3v) is 2.66. The number of benzene rings is 1. The molecule has 108 valence electrons. The molecule has 0 atom stereocenters. The van der Waals surface area contributed by atoms with Crippen molar-refractivity contribution in [3.63, 3.8) is 0 Å². The summed E-state index contributed by atoms with van der Waals surface area (Å²) < 4.78 is 13.8. The smallest absolute Gasteiger partial charge is 0.328 e. The van der Waals surface area contributed by atoms with Gasteiger partial charge in [-0.25, -0.2) is 9.18 Å². The molecule has 1 aromatic rings. The SMILES string of the molecule is Cc1cc([N+](=O)[O-])cc(C(=O)NC(C)(C)C(=O)O)c1F. The van der Waals surface area contributed by atoms with E-state index in [1.54, 1.807) is 0 Å². The predicted molar refractivity (Wildman–Crippen MR) is 67.0 cm³/mol. The van der Waals surface area contributed by atoms with Crippen molar-refractivity contribution in [1.29, 1.82) is 0 Å². The minimum atomic E-state index is -1.62. The molecule has 8 heteroatoms. The summed E-state index contributed by atoms with van der Waals surface area (Å²) in [7, 11) is 0. The molecule has 0 bridgehead atoms. The standard InChI is InChI=1S/C12H13FN2O5/c1-6-4-7(15(19)20)5-8(9(6)13)10(16)14-12(2,3)11(17)18/h4-5H,1-3H3,(H,14,16)(H,17,18). The maximum absolute atomic E-state index is 13.8. The van der Waals surface area contributed by atoms with Gasteiger partial charge >= 0.3 is 5.97 Å². The molecule has 0 aromatic heterocycles. The van der Waals surface area contributed by atoms with Crippen LogP contribution in [0.2, 0.25) is 0 Å². The average Bonchev–Trinajstić information content (AvgIpc) is 2.31. The van der Waals surface area contributed by atoms with Crippen molar-refractivity contribution < 1.29 is 24.0 Å². The van der Waals surface area contributed by atoms with Gasteiger partial charge in [0.2, 0.25) is 0 Å². The number of nitro groups is 1. The Labute approximate surface area is 113 Å². The number of carboxylic acid groups (broad SMARTS) is 1. The van der Waals surface area contributed by atoms with Gasteiger partial charge in [-0.2, -0.15) is 0 Å². The summed E-state index contributed by atoms with van der Waals surface area (Å²) in [6.07, 6.45) is 0. The van der Waals surface area contributed by atoms with E-state index in [1.807, 2.05) is 0 Å². The first-order chi connectivity index (χ1) is 9.06. The molecule has 2 N–H and O–H groups in total. The Kier molecular flexibility index (Phi) is 4.07. The summed E-state index contributed by atoms with van der Waals surface area (Å²) in [5, 5.41) is 21.7. The molecule has 0 fully saturated rings. The molecule has 0 saturated heterocycles. The van der Waals surface area contributed by atoms with Crippen LogP contribution in [0.25, 0.3) is 0 Å². The molecule has 1 rings (SSSR count). The first kappa shape index (κ1) is 15.5. The lowest BCUT2D eigenvalue weighted by Gasteiger charge is -2.21. The van der Waals surface area contributed by atoms with E-state index in [0.717, 1.165) is 12.1 Å². The van der Waals surface area contributed by atoms with Crippen LogP contribution in [0.4, 0.5) is 10.1 Å². The molecule has 1 amide bonds. The van der Waals surface area contributed by atoms with Gasteiger partial charge in [0.15, 0.2) is 0 Å². The lowest BCUT2D eigenvalue weighted by Crippen LogP contribution is -2.49. The van der Waals surface area contributed by atoms with Crippen LogP contribution in [-0.2, 0) is 4.79 Å². The van der Waals surface area contributed by atoms with Crippen molar-refractivity contribution in [1.82, 2.24) is 5.32 Å². The number of non-ortho nitro benzene ring substituents is 1. The molecule has 0 aliphatic carbocycles. The fourth-order valence-corrected chi connectivity index (χ4v) is 1.43. The second-order valence-electron chi connectivity index (χ2n) is 4.77. The number of hydrogen-bond donors (Lipinski definition) is 2. The van der Waals surface area contributed by atoms with Crippen LogP contribution in [0.5, 0.6) is 0 Å². The highest BCUT2D eigenvalue weighted by molar-refractivity contribution is 5.98. The van der Waals surface area contributed by atoms with Crippen LogP contribution in [0.3, 0.4) is 0 Å². The zero-order valence-electron chi connectivity index (χ0n) is 11.1. The molecular formula is C12H13FN2O5. The van der Waals surface area contributed by atoms with Gasteiger partial charge in [-0.05, 0) is 26.3 Å². The van der Waals surface area contributed by atoms with E-state index in [2.05, 4.69) is 5.32 Å². The number of nitrogens with one attached hydrogen (secondary N) is 1. The van der Waals surface area contributed by atoms with Crippen molar-refractivity contribution in [2.45, 2.75) is 26.3 Å². The number of rotatable bonds is 4. The Balaban J connectivity index is 3.23. The second-order valence-corrected chi connectivity index (χ2v) is 4.77. The van der Waals surface area contributed by atoms with Gasteiger partial charge in [-0.3, -0.25) is 14.9 Å². The van der Waals surface area contributed by atoms with E-state index in [0.29, 0.717) is 0 Å². The quantitative estimate of drug-likeness (QED) is 0.645. The van der Waals surface area contributed by atoms with Gasteiger partial charge in [0.1, 0.15) is 11.4 Å². The third kappa shape index (κ3) is 3.08. The minimum absolute atomic E-state index is 0.0718. The average molecular weight is 284 g/mol. The van der Waals surface area contributed by atoms with Crippen LogP contribution >= 0.6 is 0 Å².